The minimum Gasteiger partial charge on any atom is -0.352 e. The van der Waals surface area contributed by atoms with E-state index in [0.29, 0.717) is 12.0 Å². The van der Waals surface area contributed by atoms with Gasteiger partial charge in [-0.25, -0.2) is 0 Å². The Bertz CT molecular complexity index is 263. The van der Waals surface area contributed by atoms with Crippen LogP contribution in [-0.4, -0.2) is 17.5 Å². The van der Waals surface area contributed by atoms with Crippen LogP contribution in [0.15, 0.2) is 0 Å². The third-order valence-corrected chi connectivity index (χ3v) is 4.27. The van der Waals surface area contributed by atoms with Crippen molar-refractivity contribution in [3.05, 3.63) is 0 Å². The van der Waals surface area contributed by atoms with E-state index in [9.17, 15) is 4.79 Å². The fourth-order valence-corrected chi connectivity index (χ4v) is 2.61. The summed E-state index contributed by atoms with van der Waals surface area (Å²) in [5.41, 5.74) is 5.46. The molecule has 0 saturated heterocycles. The number of hydrogen-bond acceptors (Lipinski definition) is 2. The summed E-state index contributed by atoms with van der Waals surface area (Å²) in [5.74, 6) is 1.30. The summed E-state index contributed by atoms with van der Waals surface area (Å²) >= 11 is 0. The van der Waals surface area contributed by atoms with Crippen LogP contribution >= 0.6 is 0 Å². The maximum atomic E-state index is 12.1. The first-order valence-electron chi connectivity index (χ1n) is 6.60. The Balaban J connectivity index is 1.82. The Morgan fingerprint density at radius 1 is 1.19 bits per heavy atom. The average Bonchev–Trinajstić information content (AvgIpc) is 3.05. The number of rotatable bonds is 3. The van der Waals surface area contributed by atoms with E-state index in [1.54, 1.807) is 0 Å². The lowest BCUT2D eigenvalue weighted by Crippen LogP contribution is -2.56. The van der Waals surface area contributed by atoms with Gasteiger partial charge < -0.3 is 11.1 Å². The third kappa shape index (κ3) is 2.57. The molecule has 0 aromatic carbocycles. The lowest BCUT2D eigenvalue weighted by Gasteiger charge is -2.31. The van der Waals surface area contributed by atoms with Crippen molar-refractivity contribution in [2.24, 2.45) is 17.6 Å². The van der Waals surface area contributed by atoms with Crippen molar-refractivity contribution in [2.45, 2.75) is 64.0 Å². The molecule has 2 aliphatic carbocycles. The van der Waals surface area contributed by atoms with Gasteiger partial charge in [-0.1, -0.05) is 6.92 Å². The fourth-order valence-electron chi connectivity index (χ4n) is 2.61. The van der Waals surface area contributed by atoms with Gasteiger partial charge in [0.25, 0.3) is 0 Å². The summed E-state index contributed by atoms with van der Waals surface area (Å²) in [6.45, 7) is 4.17. The number of carbonyl (C=O) groups is 1. The van der Waals surface area contributed by atoms with Crippen molar-refractivity contribution in [1.82, 2.24) is 5.32 Å². The molecule has 0 bridgehead atoms. The van der Waals surface area contributed by atoms with E-state index < -0.39 is 5.54 Å². The van der Waals surface area contributed by atoms with Gasteiger partial charge in [-0.2, -0.15) is 0 Å². The van der Waals surface area contributed by atoms with Crippen LogP contribution in [0.2, 0.25) is 0 Å². The SMILES string of the molecule is CC1CCC(NC(=O)C(C)(N)C2CC2)CC1. The minimum absolute atomic E-state index is 0.0644. The molecular formula is C13H24N2O. The van der Waals surface area contributed by atoms with Crippen LogP contribution in [-0.2, 0) is 4.79 Å². The van der Waals surface area contributed by atoms with Crippen LogP contribution in [0, 0.1) is 11.8 Å². The van der Waals surface area contributed by atoms with Crippen LogP contribution < -0.4 is 11.1 Å². The lowest BCUT2D eigenvalue weighted by atomic mass is 9.86. The van der Waals surface area contributed by atoms with E-state index in [-0.39, 0.29) is 5.91 Å². The molecule has 0 aliphatic heterocycles. The van der Waals surface area contributed by atoms with Crippen LogP contribution in [0.5, 0.6) is 0 Å². The number of carbonyl (C=O) groups excluding carboxylic acids is 1. The Morgan fingerprint density at radius 3 is 2.25 bits per heavy atom. The van der Waals surface area contributed by atoms with Crippen LogP contribution in [0.4, 0.5) is 0 Å². The molecule has 3 heteroatoms. The van der Waals surface area contributed by atoms with Gasteiger partial charge in [-0.3, -0.25) is 4.79 Å². The zero-order valence-electron chi connectivity index (χ0n) is 10.5. The quantitative estimate of drug-likeness (QED) is 0.768. The maximum absolute atomic E-state index is 12.1. The molecule has 2 rings (SSSR count). The van der Waals surface area contributed by atoms with Gasteiger partial charge in [0.05, 0.1) is 5.54 Å². The van der Waals surface area contributed by atoms with Gasteiger partial charge >= 0.3 is 0 Å². The second kappa shape index (κ2) is 4.36. The highest BCUT2D eigenvalue weighted by atomic mass is 16.2. The van der Waals surface area contributed by atoms with Crippen molar-refractivity contribution in [1.29, 1.82) is 0 Å². The second-order valence-corrected chi connectivity index (χ2v) is 5.99. The van der Waals surface area contributed by atoms with Crippen molar-refractivity contribution in [3.8, 4) is 0 Å². The summed E-state index contributed by atoms with van der Waals surface area (Å²) in [4.78, 5) is 12.1. The van der Waals surface area contributed by atoms with Crippen LogP contribution in [0.3, 0.4) is 0 Å². The largest absolute Gasteiger partial charge is 0.352 e. The zero-order valence-corrected chi connectivity index (χ0v) is 10.5. The topological polar surface area (TPSA) is 55.1 Å². The molecule has 3 nitrogen and oxygen atoms in total. The standard InChI is InChI=1S/C13H24N2O/c1-9-3-7-11(8-4-9)15-12(16)13(2,14)10-5-6-10/h9-11H,3-8,14H2,1-2H3,(H,15,16). The van der Waals surface area contributed by atoms with Gasteiger partial charge in [-0.05, 0) is 57.3 Å². The van der Waals surface area contributed by atoms with Crippen LogP contribution in [0.25, 0.3) is 0 Å². The van der Waals surface area contributed by atoms with E-state index in [2.05, 4.69) is 12.2 Å². The van der Waals surface area contributed by atoms with Gasteiger partial charge in [0.15, 0.2) is 0 Å². The molecule has 2 saturated carbocycles. The number of hydrogen-bond donors (Lipinski definition) is 2. The Morgan fingerprint density at radius 2 is 1.75 bits per heavy atom. The number of nitrogens with one attached hydrogen (secondary N) is 1. The van der Waals surface area contributed by atoms with Gasteiger partial charge in [0.2, 0.25) is 5.91 Å². The van der Waals surface area contributed by atoms with Crippen molar-refractivity contribution < 1.29 is 4.79 Å². The summed E-state index contributed by atoms with van der Waals surface area (Å²) < 4.78 is 0. The highest BCUT2D eigenvalue weighted by Gasteiger charge is 2.44. The predicted molar refractivity (Wildman–Crippen MR) is 64.9 cm³/mol. The highest BCUT2D eigenvalue weighted by Crippen LogP contribution is 2.38. The molecule has 16 heavy (non-hydrogen) atoms. The maximum Gasteiger partial charge on any atom is 0.240 e. The summed E-state index contributed by atoms with van der Waals surface area (Å²) in [7, 11) is 0. The Labute approximate surface area is 98.2 Å². The molecule has 0 heterocycles. The molecule has 3 N–H and O–H groups in total. The lowest BCUT2D eigenvalue weighted by molar-refractivity contribution is -0.127. The molecule has 0 aromatic rings. The molecular weight excluding hydrogens is 200 g/mol. The van der Waals surface area contributed by atoms with E-state index in [4.69, 9.17) is 5.73 Å². The first kappa shape index (κ1) is 11.9. The molecule has 0 radical (unpaired) electrons. The van der Waals surface area contributed by atoms with Crippen molar-refractivity contribution in [2.75, 3.05) is 0 Å². The Kier molecular flexibility index (Phi) is 3.24. The number of nitrogens with two attached hydrogens (primary N) is 1. The predicted octanol–water partition coefficient (Wildman–Crippen LogP) is 1.81. The highest BCUT2D eigenvalue weighted by molar-refractivity contribution is 5.86. The third-order valence-electron chi connectivity index (χ3n) is 4.27. The van der Waals surface area contributed by atoms with E-state index in [0.717, 1.165) is 31.6 Å². The number of amides is 1. The fraction of sp³-hybridized carbons (Fsp3) is 0.923. The zero-order chi connectivity index (χ0) is 11.8. The summed E-state index contributed by atoms with van der Waals surface area (Å²) in [6.07, 6.45) is 6.93. The van der Waals surface area contributed by atoms with Gasteiger partial charge in [0.1, 0.15) is 0 Å². The molecule has 1 unspecified atom stereocenters. The van der Waals surface area contributed by atoms with E-state index in [1.807, 2.05) is 6.92 Å². The van der Waals surface area contributed by atoms with E-state index >= 15 is 0 Å². The molecule has 92 valence electrons. The molecule has 0 spiro atoms. The molecule has 1 amide bonds. The average molecular weight is 224 g/mol. The van der Waals surface area contributed by atoms with Gasteiger partial charge in [-0.15, -0.1) is 0 Å². The molecule has 0 aromatic heterocycles. The molecule has 2 aliphatic rings. The Hall–Kier alpha value is -0.570. The second-order valence-electron chi connectivity index (χ2n) is 5.99. The van der Waals surface area contributed by atoms with Crippen LogP contribution in [0.1, 0.15) is 52.4 Å². The van der Waals surface area contributed by atoms with Crippen molar-refractivity contribution >= 4 is 5.91 Å². The smallest absolute Gasteiger partial charge is 0.240 e. The van der Waals surface area contributed by atoms with Crippen molar-refractivity contribution in [3.63, 3.8) is 0 Å². The first-order chi connectivity index (χ1) is 7.50. The molecule has 2 fully saturated rings. The summed E-state index contributed by atoms with van der Waals surface area (Å²) in [6, 6.07) is 0.366. The normalized spacial score (nSPS) is 34.2. The van der Waals surface area contributed by atoms with Gasteiger partial charge in [0, 0.05) is 6.04 Å². The first-order valence-corrected chi connectivity index (χ1v) is 6.60. The van der Waals surface area contributed by atoms with E-state index in [1.165, 1.54) is 12.8 Å². The minimum atomic E-state index is -0.636. The molecule has 1 atom stereocenters. The monoisotopic (exact) mass is 224 g/mol. The summed E-state index contributed by atoms with van der Waals surface area (Å²) in [5, 5.41) is 3.14.